The highest BCUT2D eigenvalue weighted by molar-refractivity contribution is 5.94. The second-order valence-corrected chi connectivity index (χ2v) is 6.91. The number of hydrogen-bond acceptors (Lipinski definition) is 3. The van der Waals surface area contributed by atoms with E-state index in [1.807, 2.05) is 18.0 Å². The lowest BCUT2D eigenvalue weighted by Gasteiger charge is -2.40. The maximum absolute atomic E-state index is 13.1. The van der Waals surface area contributed by atoms with Crippen molar-refractivity contribution in [1.29, 1.82) is 0 Å². The first-order valence-corrected chi connectivity index (χ1v) is 8.45. The van der Waals surface area contributed by atoms with Crippen LogP contribution in [0.4, 0.5) is 4.39 Å². The summed E-state index contributed by atoms with van der Waals surface area (Å²) < 4.78 is 13.1. The molecule has 2 aliphatic rings. The predicted octanol–water partition coefficient (Wildman–Crippen LogP) is 3.04. The standard InChI is InChI=1S/C19H20FN3O/c1-13-21-11-15-7-9-19(17(15)22-13)8-2-10-23(12-19)18(24)14-3-5-16(20)6-4-14/h3-6,11H,2,7-10,12H2,1H3. The van der Waals surface area contributed by atoms with Crippen molar-refractivity contribution in [3.05, 3.63) is 58.9 Å². The summed E-state index contributed by atoms with van der Waals surface area (Å²) in [6, 6.07) is 5.81. The Labute approximate surface area is 140 Å². The molecule has 2 aromatic rings. The number of aryl methyl sites for hydroxylation is 2. The number of hydrogen-bond donors (Lipinski definition) is 0. The molecule has 1 amide bonds. The van der Waals surface area contributed by atoms with E-state index in [1.54, 1.807) is 12.1 Å². The highest BCUT2D eigenvalue weighted by Crippen LogP contribution is 2.44. The van der Waals surface area contributed by atoms with Crippen molar-refractivity contribution in [3.63, 3.8) is 0 Å². The van der Waals surface area contributed by atoms with Gasteiger partial charge in [0.2, 0.25) is 0 Å². The summed E-state index contributed by atoms with van der Waals surface area (Å²) >= 11 is 0. The van der Waals surface area contributed by atoms with Crippen LogP contribution in [0.3, 0.4) is 0 Å². The van der Waals surface area contributed by atoms with Gasteiger partial charge in [0, 0.05) is 30.3 Å². The fourth-order valence-corrected chi connectivity index (χ4v) is 4.11. The van der Waals surface area contributed by atoms with Crippen molar-refractivity contribution in [2.24, 2.45) is 0 Å². The van der Waals surface area contributed by atoms with E-state index >= 15 is 0 Å². The normalized spacial score (nSPS) is 22.7. The van der Waals surface area contributed by atoms with Crippen LogP contribution in [0.1, 0.15) is 46.7 Å². The molecule has 2 heterocycles. The van der Waals surface area contributed by atoms with Crippen LogP contribution in [0.15, 0.2) is 30.5 Å². The molecule has 1 spiro atoms. The lowest BCUT2D eigenvalue weighted by Crippen LogP contribution is -2.48. The number of piperidine rings is 1. The number of benzene rings is 1. The monoisotopic (exact) mass is 325 g/mol. The smallest absolute Gasteiger partial charge is 0.253 e. The van der Waals surface area contributed by atoms with Crippen molar-refractivity contribution in [2.45, 2.75) is 38.0 Å². The fourth-order valence-electron chi connectivity index (χ4n) is 4.11. The van der Waals surface area contributed by atoms with Gasteiger partial charge in [-0.2, -0.15) is 0 Å². The molecule has 5 heteroatoms. The van der Waals surface area contributed by atoms with Crippen LogP contribution in [0.25, 0.3) is 0 Å². The van der Waals surface area contributed by atoms with Crippen LogP contribution in [-0.4, -0.2) is 33.9 Å². The summed E-state index contributed by atoms with van der Waals surface area (Å²) in [7, 11) is 0. The van der Waals surface area contributed by atoms with Crippen molar-refractivity contribution in [1.82, 2.24) is 14.9 Å². The molecule has 1 saturated heterocycles. The molecule has 1 atom stereocenters. The second kappa shape index (κ2) is 5.65. The van der Waals surface area contributed by atoms with Crippen LogP contribution in [-0.2, 0) is 11.8 Å². The van der Waals surface area contributed by atoms with Gasteiger partial charge >= 0.3 is 0 Å². The van der Waals surface area contributed by atoms with E-state index in [4.69, 9.17) is 4.98 Å². The van der Waals surface area contributed by atoms with Crippen molar-refractivity contribution >= 4 is 5.91 Å². The number of fused-ring (bicyclic) bond motifs is 2. The number of rotatable bonds is 1. The molecule has 4 nitrogen and oxygen atoms in total. The molecule has 1 fully saturated rings. The minimum absolute atomic E-state index is 0.0201. The average Bonchev–Trinajstić information content (AvgIpc) is 2.92. The number of amides is 1. The van der Waals surface area contributed by atoms with Crippen LogP contribution in [0.5, 0.6) is 0 Å². The van der Waals surface area contributed by atoms with Gasteiger partial charge in [-0.15, -0.1) is 0 Å². The number of carbonyl (C=O) groups is 1. The quantitative estimate of drug-likeness (QED) is 0.809. The lowest BCUT2D eigenvalue weighted by atomic mass is 9.77. The maximum Gasteiger partial charge on any atom is 0.253 e. The fraction of sp³-hybridized carbons (Fsp3) is 0.421. The Kier molecular flexibility index (Phi) is 3.59. The minimum Gasteiger partial charge on any atom is -0.338 e. The number of halogens is 1. The van der Waals surface area contributed by atoms with Crippen LogP contribution in [0, 0.1) is 12.7 Å². The molecule has 24 heavy (non-hydrogen) atoms. The predicted molar refractivity (Wildman–Crippen MR) is 88.3 cm³/mol. The molecular formula is C19H20FN3O. The Morgan fingerprint density at radius 1 is 1.25 bits per heavy atom. The van der Waals surface area contributed by atoms with Gasteiger partial charge in [0.1, 0.15) is 11.6 Å². The molecule has 1 aromatic carbocycles. The van der Waals surface area contributed by atoms with Gasteiger partial charge in [-0.3, -0.25) is 4.79 Å². The molecular weight excluding hydrogens is 305 g/mol. The van der Waals surface area contributed by atoms with Crippen LogP contribution >= 0.6 is 0 Å². The molecule has 124 valence electrons. The summed E-state index contributed by atoms with van der Waals surface area (Å²) in [6.07, 6.45) is 5.97. The van der Waals surface area contributed by atoms with Crippen molar-refractivity contribution in [3.8, 4) is 0 Å². The van der Waals surface area contributed by atoms with E-state index in [2.05, 4.69) is 4.98 Å². The molecule has 0 N–H and O–H groups in total. The number of nitrogens with zero attached hydrogens (tertiary/aromatic N) is 3. The zero-order valence-corrected chi connectivity index (χ0v) is 13.8. The van der Waals surface area contributed by atoms with E-state index in [0.29, 0.717) is 12.1 Å². The number of aromatic nitrogens is 2. The molecule has 1 aliphatic heterocycles. The largest absolute Gasteiger partial charge is 0.338 e. The third-order valence-corrected chi connectivity index (χ3v) is 5.32. The number of carbonyl (C=O) groups excluding carboxylic acids is 1. The first-order valence-electron chi connectivity index (χ1n) is 8.45. The molecule has 1 unspecified atom stereocenters. The summed E-state index contributed by atoms with van der Waals surface area (Å²) in [5.41, 5.74) is 2.85. The van der Waals surface area contributed by atoms with E-state index in [9.17, 15) is 9.18 Å². The Morgan fingerprint density at radius 2 is 2.04 bits per heavy atom. The van der Waals surface area contributed by atoms with E-state index in [1.165, 1.54) is 17.7 Å². The van der Waals surface area contributed by atoms with Gasteiger partial charge < -0.3 is 4.90 Å². The average molecular weight is 325 g/mol. The van der Waals surface area contributed by atoms with Crippen LogP contribution < -0.4 is 0 Å². The van der Waals surface area contributed by atoms with E-state index < -0.39 is 0 Å². The van der Waals surface area contributed by atoms with Gasteiger partial charge in [-0.25, -0.2) is 14.4 Å². The Morgan fingerprint density at radius 3 is 2.83 bits per heavy atom. The molecule has 1 aromatic heterocycles. The maximum atomic E-state index is 13.1. The SMILES string of the molecule is Cc1ncc2c(n1)C1(CCCN(C(=O)c3ccc(F)cc3)C1)CC2. The van der Waals surface area contributed by atoms with Gasteiger partial charge in [0.15, 0.2) is 0 Å². The van der Waals surface area contributed by atoms with Crippen molar-refractivity contribution < 1.29 is 9.18 Å². The molecule has 0 radical (unpaired) electrons. The van der Waals surface area contributed by atoms with Crippen LogP contribution in [0.2, 0.25) is 0 Å². The topological polar surface area (TPSA) is 46.1 Å². The molecule has 4 rings (SSSR count). The Bertz CT molecular complexity index is 786. The highest BCUT2D eigenvalue weighted by Gasteiger charge is 2.44. The first kappa shape index (κ1) is 15.2. The molecule has 0 bridgehead atoms. The third-order valence-electron chi connectivity index (χ3n) is 5.32. The van der Waals surface area contributed by atoms with E-state index in [0.717, 1.165) is 43.7 Å². The summed E-state index contributed by atoms with van der Waals surface area (Å²) in [5.74, 6) is 0.448. The zero-order valence-electron chi connectivity index (χ0n) is 13.8. The summed E-state index contributed by atoms with van der Waals surface area (Å²) in [5, 5.41) is 0. The Hall–Kier alpha value is -2.30. The second-order valence-electron chi connectivity index (χ2n) is 6.91. The minimum atomic E-state index is -0.321. The highest BCUT2D eigenvalue weighted by atomic mass is 19.1. The van der Waals surface area contributed by atoms with Gasteiger partial charge in [0.25, 0.3) is 5.91 Å². The zero-order chi connectivity index (χ0) is 16.7. The Balaban J connectivity index is 1.62. The van der Waals surface area contributed by atoms with Gasteiger partial charge in [-0.05, 0) is 62.4 Å². The molecule has 1 aliphatic carbocycles. The van der Waals surface area contributed by atoms with Gasteiger partial charge in [-0.1, -0.05) is 0 Å². The lowest BCUT2D eigenvalue weighted by molar-refractivity contribution is 0.0633. The van der Waals surface area contributed by atoms with Gasteiger partial charge in [0.05, 0.1) is 5.69 Å². The molecule has 0 saturated carbocycles. The third kappa shape index (κ3) is 2.48. The van der Waals surface area contributed by atoms with E-state index in [-0.39, 0.29) is 17.1 Å². The van der Waals surface area contributed by atoms with Crippen molar-refractivity contribution in [2.75, 3.05) is 13.1 Å². The first-order chi connectivity index (χ1) is 11.6. The number of likely N-dealkylation sites (tertiary alicyclic amines) is 1. The summed E-state index contributed by atoms with van der Waals surface area (Å²) in [6.45, 7) is 3.35. The summed E-state index contributed by atoms with van der Waals surface area (Å²) in [4.78, 5) is 23.7.